The minimum Gasteiger partial charge on any atom is -0.405 e. The van der Waals surface area contributed by atoms with Crippen molar-refractivity contribution in [2.45, 2.75) is 44.9 Å². The van der Waals surface area contributed by atoms with E-state index < -0.39 is 8.32 Å². The Balaban J connectivity index is 2.02. The van der Waals surface area contributed by atoms with Crippen LogP contribution >= 0.6 is 0 Å². The third-order valence-corrected chi connectivity index (χ3v) is 9.95. The zero-order valence-electron chi connectivity index (χ0n) is 15.7. The van der Waals surface area contributed by atoms with Crippen molar-refractivity contribution in [3.63, 3.8) is 0 Å². The van der Waals surface area contributed by atoms with Crippen LogP contribution < -0.4 is 10.4 Å². The summed E-state index contributed by atoms with van der Waals surface area (Å²) in [5, 5.41) is 2.62. The van der Waals surface area contributed by atoms with Crippen molar-refractivity contribution in [1.82, 2.24) is 0 Å². The monoisotopic (exact) mass is 352 g/mol. The molecule has 0 aromatic heterocycles. The van der Waals surface area contributed by atoms with Gasteiger partial charge in [-0.1, -0.05) is 88.0 Å². The van der Waals surface area contributed by atoms with Crippen LogP contribution in [0.2, 0.25) is 5.04 Å². The molecule has 132 valence electrons. The van der Waals surface area contributed by atoms with E-state index in [1.54, 1.807) is 0 Å². The maximum atomic E-state index is 6.84. The molecule has 1 aliphatic heterocycles. The van der Waals surface area contributed by atoms with Gasteiger partial charge in [0.15, 0.2) is 0 Å². The quantitative estimate of drug-likeness (QED) is 0.447. The second-order valence-corrected chi connectivity index (χ2v) is 12.2. The molecule has 0 amide bonds. The molecule has 0 radical (unpaired) electrons. The highest BCUT2D eigenvalue weighted by Gasteiger charge is 2.52. The van der Waals surface area contributed by atoms with E-state index >= 15 is 0 Å². The van der Waals surface area contributed by atoms with Crippen molar-refractivity contribution in [2.75, 3.05) is 6.61 Å². The molecule has 0 N–H and O–H groups in total. The minimum absolute atomic E-state index is 0.00329. The Kier molecular flexibility index (Phi) is 5.01. The summed E-state index contributed by atoms with van der Waals surface area (Å²) in [6.45, 7) is 13.5. The van der Waals surface area contributed by atoms with E-state index in [1.807, 2.05) is 6.92 Å². The van der Waals surface area contributed by atoms with Crippen LogP contribution in [0.15, 0.2) is 72.8 Å². The smallest absolute Gasteiger partial charge is 0.261 e. The lowest BCUT2D eigenvalue weighted by molar-refractivity contribution is 0.249. The first-order chi connectivity index (χ1) is 11.9. The fourth-order valence-corrected chi connectivity index (χ4v) is 8.24. The molecule has 1 fully saturated rings. The summed E-state index contributed by atoms with van der Waals surface area (Å²) < 4.78 is 12.6. The first-order valence-corrected chi connectivity index (χ1v) is 10.8. The molecule has 3 rings (SSSR count). The van der Waals surface area contributed by atoms with Crippen molar-refractivity contribution >= 4 is 18.7 Å². The van der Waals surface area contributed by atoms with Gasteiger partial charge in [0.05, 0.1) is 6.61 Å². The summed E-state index contributed by atoms with van der Waals surface area (Å²) in [4.78, 5) is 0. The van der Waals surface area contributed by atoms with Gasteiger partial charge in [-0.3, -0.25) is 0 Å². The lowest BCUT2D eigenvalue weighted by atomic mass is 10.2. The summed E-state index contributed by atoms with van der Waals surface area (Å²) in [5.41, 5.74) is 1.08. The van der Waals surface area contributed by atoms with Crippen molar-refractivity contribution in [1.29, 1.82) is 0 Å². The fraction of sp³-hybridized carbons (Fsp3) is 0.364. The molecule has 25 heavy (non-hydrogen) atoms. The zero-order valence-corrected chi connectivity index (χ0v) is 16.7. The zero-order chi connectivity index (χ0) is 18.1. The third kappa shape index (κ3) is 3.50. The summed E-state index contributed by atoms with van der Waals surface area (Å²) in [5.74, 6) is 0. The van der Waals surface area contributed by atoms with Crippen molar-refractivity contribution in [3.8, 4) is 0 Å². The molecule has 0 bridgehead atoms. The SMILES string of the molecule is C=C(C)[C@@H]1O[C@@H]1CO[Si](c1ccccc1)(c1ccccc1)C(C)(C)C. The van der Waals surface area contributed by atoms with E-state index in [0.29, 0.717) is 6.61 Å². The van der Waals surface area contributed by atoms with Crippen LogP contribution in [-0.2, 0) is 9.16 Å². The molecule has 2 aromatic rings. The Morgan fingerprint density at radius 1 is 1.00 bits per heavy atom. The van der Waals surface area contributed by atoms with Gasteiger partial charge in [-0.15, -0.1) is 0 Å². The van der Waals surface area contributed by atoms with Crippen LogP contribution in [0.1, 0.15) is 27.7 Å². The highest BCUT2D eigenvalue weighted by Crippen LogP contribution is 2.38. The van der Waals surface area contributed by atoms with E-state index in [4.69, 9.17) is 9.16 Å². The van der Waals surface area contributed by atoms with Gasteiger partial charge >= 0.3 is 0 Å². The van der Waals surface area contributed by atoms with E-state index in [-0.39, 0.29) is 17.2 Å². The average molecular weight is 353 g/mol. The largest absolute Gasteiger partial charge is 0.405 e. The molecule has 3 heteroatoms. The molecule has 0 spiro atoms. The maximum Gasteiger partial charge on any atom is 0.261 e. The van der Waals surface area contributed by atoms with Crippen LogP contribution in [0.4, 0.5) is 0 Å². The Morgan fingerprint density at radius 3 is 1.84 bits per heavy atom. The summed E-state index contributed by atoms with van der Waals surface area (Å²) in [7, 11) is -2.45. The normalized spacial score (nSPS) is 20.3. The first-order valence-electron chi connectivity index (χ1n) is 8.92. The Morgan fingerprint density at radius 2 is 1.48 bits per heavy atom. The Hall–Kier alpha value is -1.68. The molecular weight excluding hydrogens is 324 g/mol. The molecule has 2 aromatic carbocycles. The first kappa shape index (κ1) is 18.1. The van der Waals surface area contributed by atoms with Crippen LogP contribution in [0.5, 0.6) is 0 Å². The summed E-state index contributed by atoms with van der Waals surface area (Å²) in [6, 6.07) is 21.4. The number of benzene rings is 2. The topological polar surface area (TPSA) is 21.8 Å². The number of ether oxygens (including phenoxy) is 1. The summed E-state index contributed by atoms with van der Waals surface area (Å²) in [6.07, 6.45) is 0.289. The van der Waals surface area contributed by atoms with Gasteiger partial charge in [0.1, 0.15) is 12.2 Å². The molecule has 1 heterocycles. The second-order valence-electron chi connectivity index (χ2n) is 7.92. The third-order valence-electron chi connectivity index (χ3n) is 4.95. The molecule has 2 atom stereocenters. The number of hydrogen-bond acceptors (Lipinski definition) is 2. The van der Waals surface area contributed by atoms with Crippen LogP contribution in [0.3, 0.4) is 0 Å². The van der Waals surface area contributed by atoms with Gasteiger partial charge in [0.25, 0.3) is 8.32 Å². The Labute approximate surface area is 152 Å². The fourth-order valence-electron chi connectivity index (χ4n) is 3.67. The van der Waals surface area contributed by atoms with Gasteiger partial charge in [0, 0.05) is 0 Å². The minimum atomic E-state index is -2.45. The van der Waals surface area contributed by atoms with E-state index in [1.165, 1.54) is 10.4 Å². The number of hydrogen-bond donors (Lipinski definition) is 0. The van der Waals surface area contributed by atoms with Gasteiger partial charge in [-0.2, -0.15) is 0 Å². The molecule has 1 aliphatic rings. The van der Waals surface area contributed by atoms with Crippen LogP contribution in [0, 0.1) is 0 Å². The molecule has 0 saturated carbocycles. The lowest BCUT2D eigenvalue weighted by Crippen LogP contribution is -2.66. The van der Waals surface area contributed by atoms with Crippen molar-refractivity contribution in [2.24, 2.45) is 0 Å². The second kappa shape index (κ2) is 6.91. The van der Waals surface area contributed by atoms with Gasteiger partial charge < -0.3 is 9.16 Å². The van der Waals surface area contributed by atoms with Crippen molar-refractivity contribution < 1.29 is 9.16 Å². The standard InChI is InChI=1S/C22H28O2Si/c1-17(2)21-20(24-21)16-23-25(22(3,4)5,18-12-8-6-9-13-18)19-14-10-7-11-15-19/h6-15,20-21H,1,16H2,2-5H3/t20-,21+/m1/s1. The van der Waals surface area contributed by atoms with Gasteiger partial charge in [0.2, 0.25) is 0 Å². The highest BCUT2D eigenvalue weighted by atomic mass is 28.4. The molecule has 0 unspecified atom stereocenters. The lowest BCUT2D eigenvalue weighted by Gasteiger charge is -2.43. The molecule has 1 saturated heterocycles. The predicted molar refractivity (Wildman–Crippen MR) is 107 cm³/mol. The molecule has 2 nitrogen and oxygen atoms in total. The van der Waals surface area contributed by atoms with E-state index in [0.717, 1.165) is 5.57 Å². The number of epoxide rings is 1. The highest BCUT2D eigenvalue weighted by molar-refractivity contribution is 6.99. The van der Waals surface area contributed by atoms with E-state index in [9.17, 15) is 0 Å². The molecule has 0 aliphatic carbocycles. The van der Waals surface area contributed by atoms with Crippen LogP contribution in [0.25, 0.3) is 0 Å². The van der Waals surface area contributed by atoms with Gasteiger partial charge in [-0.25, -0.2) is 0 Å². The van der Waals surface area contributed by atoms with E-state index in [2.05, 4.69) is 88.0 Å². The number of rotatable bonds is 6. The average Bonchev–Trinajstić information content (AvgIpc) is 3.36. The van der Waals surface area contributed by atoms with Gasteiger partial charge in [-0.05, 0) is 27.9 Å². The van der Waals surface area contributed by atoms with Crippen LogP contribution in [-0.4, -0.2) is 27.1 Å². The maximum absolute atomic E-state index is 6.84. The van der Waals surface area contributed by atoms with Crippen molar-refractivity contribution in [3.05, 3.63) is 72.8 Å². The summed E-state index contributed by atoms with van der Waals surface area (Å²) >= 11 is 0. The predicted octanol–water partition coefficient (Wildman–Crippen LogP) is 3.91. The Bertz CT molecular complexity index is 679. The molecular formula is C22H28O2Si.